The maximum atomic E-state index is 14.8. The van der Waals surface area contributed by atoms with Crippen LogP contribution in [-0.2, 0) is 7.05 Å². The van der Waals surface area contributed by atoms with Crippen LogP contribution in [0.3, 0.4) is 0 Å². The highest BCUT2D eigenvalue weighted by atomic mass is 19.1. The van der Waals surface area contributed by atoms with Crippen molar-refractivity contribution in [1.82, 2.24) is 14.9 Å². The summed E-state index contributed by atoms with van der Waals surface area (Å²) < 4.78 is 36.4. The summed E-state index contributed by atoms with van der Waals surface area (Å²) in [6.07, 6.45) is 5.40. The third-order valence-corrected chi connectivity index (χ3v) is 7.06. The Morgan fingerprint density at radius 3 is 2.85 bits per heavy atom. The molecule has 39 heavy (non-hydrogen) atoms. The first-order chi connectivity index (χ1) is 18.8. The number of H-pyrrole nitrogens is 1. The number of aromatic nitrogens is 2. The summed E-state index contributed by atoms with van der Waals surface area (Å²) >= 11 is 0. The Bertz CT molecular complexity index is 1660. The maximum Gasteiger partial charge on any atom is 0.254 e. The van der Waals surface area contributed by atoms with Gasteiger partial charge in [0.25, 0.3) is 5.56 Å². The second kappa shape index (κ2) is 11.1. The Morgan fingerprint density at radius 2 is 2.08 bits per heavy atom. The van der Waals surface area contributed by atoms with E-state index in [1.807, 2.05) is 0 Å². The fourth-order valence-electron chi connectivity index (χ4n) is 5.03. The molecule has 0 radical (unpaired) electrons. The third kappa shape index (κ3) is 5.42. The van der Waals surface area contributed by atoms with Gasteiger partial charge in [-0.1, -0.05) is 17.9 Å². The molecule has 0 aliphatic carbocycles. The number of carbonyl (C=O) groups excluding carboxylic acids is 1. The van der Waals surface area contributed by atoms with Crippen LogP contribution < -0.4 is 21.3 Å². The molecule has 5 rings (SSSR count). The van der Waals surface area contributed by atoms with E-state index < -0.39 is 23.5 Å². The number of aryl methyl sites for hydroxylation is 1. The highest BCUT2D eigenvalue weighted by molar-refractivity contribution is 6.04. The molecule has 2 aromatic carbocycles. The predicted octanol–water partition coefficient (Wildman–Crippen LogP) is 3.95. The minimum atomic E-state index is -0.839. The van der Waals surface area contributed by atoms with Gasteiger partial charge in [-0.3, -0.25) is 9.59 Å². The highest BCUT2D eigenvalue weighted by Crippen LogP contribution is 2.32. The topological polar surface area (TPSA) is 102 Å². The number of nitrogens with zero attached hydrogens (tertiary/aromatic N) is 1. The number of rotatable bonds is 7. The van der Waals surface area contributed by atoms with Crippen molar-refractivity contribution >= 4 is 16.8 Å². The number of fused-ring (bicyclic) bond motifs is 1. The van der Waals surface area contributed by atoms with Crippen LogP contribution in [0.4, 0.5) is 8.78 Å². The maximum absolute atomic E-state index is 14.8. The highest BCUT2D eigenvalue weighted by Gasteiger charge is 2.22. The molecular weight excluding hydrogens is 502 g/mol. The number of hydrogen-bond donors (Lipinski definition) is 3. The summed E-state index contributed by atoms with van der Waals surface area (Å²) in [4.78, 5) is 28.5. The van der Waals surface area contributed by atoms with Gasteiger partial charge in [0.2, 0.25) is 5.91 Å². The van der Waals surface area contributed by atoms with Gasteiger partial charge in [0.1, 0.15) is 24.0 Å². The smallest absolute Gasteiger partial charge is 0.254 e. The molecule has 2 atom stereocenters. The Hall–Kier alpha value is -4.42. The first kappa shape index (κ1) is 26.2. The quantitative estimate of drug-likeness (QED) is 0.315. The fraction of sp³-hybridized carbons (Fsp3) is 0.267. The second-order valence-corrected chi connectivity index (χ2v) is 9.64. The monoisotopic (exact) mass is 530 g/mol. The lowest BCUT2D eigenvalue weighted by molar-refractivity contribution is 0.0999. The average molecular weight is 531 g/mol. The van der Waals surface area contributed by atoms with E-state index in [9.17, 15) is 18.4 Å². The van der Waals surface area contributed by atoms with Gasteiger partial charge in [0.05, 0.1) is 11.1 Å². The standard InChI is InChI=1S/C30H28F2N4O3/c1-36-14-4-8-23(30(36)38)21(24-15-18(31)9-10-26(24)32)7-2-6-20-22-11-13-35-28(22)27(16-25(20)29(33)37)39-17-19-5-3-12-34-19/h4,8-11,13-16,19,21,34-35H,3,5,7,12,17H2,1H3,(H2,33,37). The van der Waals surface area contributed by atoms with Crippen LogP contribution in [0.25, 0.3) is 10.9 Å². The van der Waals surface area contributed by atoms with Crippen molar-refractivity contribution in [2.75, 3.05) is 13.2 Å². The molecule has 9 heteroatoms. The molecule has 200 valence electrons. The van der Waals surface area contributed by atoms with Crippen LogP contribution in [0.15, 0.2) is 59.7 Å². The Morgan fingerprint density at radius 1 is 1.23 bits per heavy atom. The van der Waals surface area contributed by atoms with Crippen LogP contribution in [0.5, 0.6) is 5.75 Å². The number of aromatic amines is 1. The molecule has 1 aliphatic rings. The van der Waals surface area contributed by atoms with Crippen LogP contribution >= 0.6 is 0 Å². The fourth-order valence-corrected chi connectivity index (χ4v) is 5.03. The normalized spacial score (nSPS) is 15.6. The second-order valence-electron chi connectivity index (χ2n) is 9.64. The summed E-state index contributed by atoms with van der Waals surface area (Å²) in [5.41, 5.74) is 6.96. The Kier molecular flexibility index (Phi) is 7.48. The van der Waals surface area contributed by atoms with Gasteiger partial charge in [0.15, 0.2) is 0 Å². The number of amides is 1. The summed E-state index contributed by atoms with van der Waals surface area (Å²) in [7, 11) is 1.59. The van der Waals surface area contributed by atoms with Gasteiger partial charge >= 0.3 is 0 Å². The molecule has 7 nitrogen and oxygen atoms in total. The van der Waals surface area contributed by atoms with E-state index in [0.29, 0.717) is 28.8 Å². The number of hydrogen-bond acceptors (Lipinski definition) is 4. The van der Waals surface area contributed by atoms with Crippen LogP contribution in [0.2, 0.25) is 0 Å². The minimum Gasteiger partial charge on any atom is -0.490 e. The molecule has 1 aliphatic heterocycles. The number of primary amides is 1. The first-order valence-corrected chi connectivity index (χ1v) is 12.7. The van der Waals surface area contributed by atoms with E-state index in [1.54, 1.807) is 43.7 Å². The van der Waals surface area contributed by atoms with E-state index in [4.69, 9.17) is 10.5 Å². The third-order valence-electron chi connectivity index (χ3n) is 7.06. The summed E-state index contributed by atoms with van der Waals surface area (Å²) in [5, 5.41) is 4.02. The molecule has 2 aromatic heterocycles. The lowest BCUT2D eigenvalue weighted by Crippen LogP contribution is -2.28. The van der Waals surface area contributed by atoms with Crippen molar-refractivity contribution < 1.29 is 18.3 Å². The summed E-state index contributed by atoms with van der Waals surface area (Å²) in [5.74, 6) is 3.75. The molecular formula is C30H28F2N4O3. The molecule has 1 amide bonds. The zero-order chi connectivity index (χ0) is 27.5. The largest absolute Gasteiger partial charge is 0.490 e. The Balaban J connectivity index is 1.54. The lowest BCUT2D eigenvalue weighted by atomic mass is 9.88. The van der Waals surface area contributed by atoms with Crippen LogP contribution in [0.1, 0.15) is 52.2 Å². The molecule has 0 bridgehead atoms. The molecule has 0 saturated carbocycles. The van der Waals surface area contributed by atoms with E-state index >= 15 is 0 Å². The predicted molar refractivity (Wildman–Crippen MR) is 145 cm³/mol. The number of halogens is 2. The van der Waals surface area contributed by atoms with Gasteiger partial charge in [-0.05, 0) is 61.3 Å². The first-order valence-electron chi connectivity index (χ1n) is 12.7. The minimum absolute atomic E-state index is 0.00462. The molecule has 1 saturated heterocycles. The van der Waals surface area contributed by atoms with Crippen molar-refractivity contribution in [3.05, 3.63) is 99.1 Å². The van der Waals surface area contributed by atoms with E-state index in [-0.39, 0.29) is 34.7 Å². The molecule has 4 N–H and O–H groups in total. The van der Waals surface area contributed by atoms with E-state index in [0.717, 1.165) is 37.6 Å². The van der Waals surface area contributed by atoms with E-state index in [2.05, 4.69) is 22.1 Å². The van der Waals surface area contributed by atoms with Gasteiger partial charge in [-0.15, -0.1) is 0 Å². The lowest BCUT2D eigenvalue weighted by Gasteiger charge is -2.16. The van der Waals surface area contributed by atoms with Gasteiger partial charge in [0, 0.05) is 54.3 Å². The van der Waals surface area contributed by atoms with Crippen molar-refractivity contribution in [3.8, 4) is 17.6 Å². The van der Waals surface area contributed by atoms with Gasteiger partial charge < -0.3 is 25.3 Å². The van der Waals surface area contributed by atoms with Crippen molar-refractivity contribution in [2.24, 2.45) is 12.8 Å². The Labute approximate surface area is 224 Å². The number of ether oxygens (including phenoxy) is 1. The molecule has 2 unspecified atom stereocenters. The number of benzene rings is 2. The number of nitrogens with two attached hydrogens (primary N) is 1. The number of nitrogens with one attached hydrogen (secondary N) is 2. The van der Waals surface area contributed by atoms with Gasteiger partial charge in [-0.2, -0.15) is 0 Å². The molecule has 4 aromatic rings. The molecule has 1 fully saturated rings. The zero-order valence-corrected chi connectivity index (χ0v) is 21.4. The van der Waals surface area contributed by atoms with Crippen molar-refractivity contribution in [1.29, 1.82) is 0 Å². The average Bonchev–Trinajstić information content (AvgIpc) is 3.62. The SMILES string of the molecule is Cn1cccc(C(CC#Cc2c(C(N)=O)cc(OCC3CCCN3)c3[nH]ccc23)c2cc(F)ccc2F)c1=O. The number of pyridine rings is 1. The van der Waals surface area contributed by atoms with Crippen LogP contribution in [0, 0.1) is 23.5 Å². The summed E-state index contributed by atoms with van der Waals surface area (Å²) in [6, 6.07) is 9.99. The summed E-state index contributed by atoms with van der Waals surface area (Å²) in [6.45, 7) is 1.40. The van der Waals surface area contributed by atoms with Crippen molar-refractivity contribution in [3.63, 3.8) is 0 Å². The molecule has 3 heterocycles. The zero-order valence-electron chi connectivity index (χ0n) is 21.4. The molecule has 0 spiro atoms. The van der Waals surface area contributed by atoms with Crippen LogP contribution in [-0.4, -0.2) is 34.7 Å². The van der Waals surface area contributed by atoms with Gasteiger partial charge in [-0.25, -0.2) is 8.78 Å². The van der Waals surface area contributed by atoms with E-state index in [1.165, 1.54) is 4.57 Å². The van der Waals surface area contributed by atoms with Crippen molar-refractivity contribution in [2.45, 2.75) is 31.2 Å². The number of carbonyl (C=O) groups is 1.